The number of amides is 1. The summed E-state index contributed by atoms with van der Waals surface area (Å²) in [6.45, 7) is 8.55. The highest BCUT2D eigenvalue weighted by atomic mass is 16.5. The molecule has 1 aliphatic heterocycles. The van der Waals surface area contributed by atoms with Crippen LogP contribution in [-0.4, -0.2) is 49.1 Å². The summed E-state index contributed by atoms with van der Waals surface area (Å²) in [6, 6.07) is 10.2. The second-order valence-electron chi connectivity index (χ2n) is 6.43. The molecule has 24 heavy (non-hydrogen) atoms. The van der Waals surface area contributed by atoms with Gasteiger partial charge in [0.05, 0.1) is 0 Å². The minimum atomic E-state index is -0.235. The van der Waals surface area contributed by atoms with Crippen LogP contribution in [0.5, 0.6) is 0 Å². The second kappa shape index (κ2) is 8.83. The zero-order valence-electron chi connectivity index (χ0n) is 14.9. The van der Waals surface area contributed by atoms with Gasteiger partial charge in [0.2, 0.25) is 5.91 Å². The van der Waals surface area contributed by atoms with E-state index in [9.17, 15) is 9.59 Å². The van der Waals surface area contributed by atoms with Crippen LogP contribution in [0.15, 0.2) is 30.3 Å². The molecule has 0 aromatic heterocycles. The van der Waals surface area contributed by atoms with Gasteiger partial charge >= 0.3 is 5.97 Å². The van der Waals surface area contributed by atoms with Gasteiger partial charge in [-0.2, -0.15) is 0 Å². The van der Waals surface area contributed by atoms with Crippen molar-refractivity contribution in [2.75, 3.05) is 31.1 Å². The maximum atomic E-state index is 12.5. The van der Waals surface area contributed by atoms with Crippen LogP contribution in [0.4, 0.5) is 5.69 Å². The molecular formula is C19H28N2O3. The summed E-state index contributed by atoms with van der Waals surface area (Å²) in [5, 5.41) is 0. The van der Waals surface area contributed by atoms with Crippen LogP contribution < -0.4 is 4.90 Å². The fourth-order valence-electron chi connectivity index (χ4n) is 3.40. The number of anilines is 1. The summed E-state index contributed by atoms with van der Waals surface area (Å²) in [6.07, 6.45) is 1.44. The Morgan fingerprint density at radius 3 is 2.58 bits per heavy atom. The zero-order chi connectivity index (χ0) is 17.5. The van der Waals surface area contributed by atoms with Crippen molar-refractivity contribution in [3.8, 4) is 0 Å². The van der Waals surface area contributed by atoms with E-state index in [4.69, 9.17) is 4.74 Å². The Morgan fingerprint density at radius 1 is 1.29 bits per heavy atom. The van der Waals surface area contributed by atoms with Gasteiger partial charge in [-0.05, 0) is 24.5 Å². The Labute approximate surface area is 144 Å². The lowest BCUT2D eigenvalue weighted by Gasteiger charge is -2.42. The van der Waals surface area contributed by atoms with E-state index in [1.165, 1.54) is 6.92 Å². The molecule has 0 radical (unpaired) electrons. The van der Waals surface area contributed by atoms with Gasteiger partial charge in [-0.25, -0.2) is 0 Å². The Hall–Kier alpha value is -1.88. The monoisotopic (exact) mass is 332 g/mol. The van der Waals surface area contributed by atoms with Gasteiger partial charge in [0, 0.05) is 44.7 Å². The van der Waals surface area contributed by atoms with E-state index < -0.39 is 0 Å². The van der Waals surface area contributed by atoms with E-state index in [-0.39, 0.29) is 17.9 Å². The zero-order valence-corrected chi connectivity index (χ0v) is 14.9. The number of carbonyl (C=O) groups excluding carboxylic acids is 2. The molecular weight excluding hydrogens is 304 g/mol. The van der Waals surface area contributed by atoms with E-state index in [0.717, 1.165) is 31.7 Å². The molecule has 5 heteroatoms. The van der Waals surface area contributed by atoms with Crippen LogP contribution in [0.25, 0.3) is 0 Å². The number of hydrogen-bond acceptors (Lipinski definition) is 4. The molecule has 1 aromatic carbocycles. The first-order valence-corrected chi connectivity index (χ1v) is 8.75. The number of carbonyl (C=O) groups is 2. The van der Waals surface area contributed by atoms with Crippen molar-refractivity contribution in [2.24, 2.45) is 5.92 Å². The van der Waals surface area contributed by atoms with Crippen molar-refractivity contribution < 1.29 is 14.3 Å². The van der Waals surface area contributed by atoms with Crippen LogP contribution in [0.2, 0.25) is 0 Å². The summed E-state index contributed by atoms with van der Waals surface area (Å²) in [5.74, 6) is 0.305. The number of rotatable bonds is 6. The molecule has 1 heterocycles. The highest BCUT2D eigenvalue weighted by Gasteiger charge is 2.33. The van der Waals surface area contributed by atoms with Gasteiger partial charge in [0.1, 0.15) is 6.61 Å². The molecule has 0 N–H and O–H groups in total. The average molecular weight is 332 g/mol. The molecule has 5 nitrogen and oxygen atoms in total. The fraction of sp³-hybridized carbons (Fsp3) is 0.579. The third-order valence-corrected chi connectivity index (χ3v) is 4.59. The van der Waals surface area contributed by atoms with E-state index in [1.807, 2.05) is 42.2 Å². The van der Waals surface area contributed by atoms with Gasteiger partial charge in [-0.15, -0.1) is 0 Å². The smallest absolute Gasteiger partial charge is 0.302 e. The van der Waals surface area contributed by atoms with Crippen LogP contribution in [0, 0.1) is 5.92 Å². The molecule has 2 atom stereocenters. The van der Waals surface area contributed by atoms with E-state index >= 15 is 0 Å². The lowest BCUT2D eigenvalue weighted by Crippen LogP contribution is -2.52. The summed E-state index contributed by atoms with van der Waals surface area (Å²) < 4.78 is 5.03. The number of para-hydroxylation sites is 1. The van der Waals surface area contributed by atoms with Crippen molar-refractivity contribution in [1.29, 1.82) is 0 Å². The molecule has 0 aliphatic carbocycles. The van der Waals surface area contributed by atoms with E-state index in [1.54, 1.807) is 0 Å². The van der Waals surface area contributed by atoms with Crippen LogP contribution in [0.1, 0.15) is 33.6 Å². The van der Waals surface area contributed by atoms with Gasteiger partial charge in [-0.3, -0.25) is 14.5 Å². The highest BCUT2D eigenvalue weighted by Crippen LogP contribution is 2.27. The maximum absolute atomic E-state index is 12.5. The number of nitrogens with zero attached hydrogens (tertiary/aromatic N) is 2. The normalized spacial score (nSPS) is 21.3. The first-order valence-electron chi connectivity index (χ1n) is 8.75. The van der Waals surface area contributed by atoms with Gasteiger partial charge in [0.25, 0.3) is 0 Å². The average Bonchev–Trinajstić information content (AvgIpc) is 2.57. The lowest BCUT2D eigenvalue weighted by molar-refractivity contribution is -0.141. The Balaban J connectivity index is 2.02. The number of hydrogen-bond donors (Lipinski definition) is 0. The fourth-order valence-corrected chi connectivity index (χ4v) is 3.40. The standard InChI is InChI=1S/C19H28N2O3/c1-4-19(23)21(17-8-6-5-7-9-17)18-10-11-20(14-15(18)2)12-13-24-16(3)22/h5-9,15,18H,4,10-14H2,1-3H3. The molecule has 1 aliphatic rings. The summed E-state index contributed by atoms with van der Waals surface area (Å²) in [4.78, 5) is 27.7. The number of likely N-dealkylation sites (tertiary alicyclic amines) is 1. The summed E-state index contributed by atoms with van der Waals surface area (Å²) in [7, 11) is 0. The molecule has 0 saturated carbocycles. The molecule has 1 saturated heterocycles. The topological polar surface area (TPSA) is 49.9 Å². The number of esters is 1. The largest absolute Gasteiger partial charge is 0.465 e. The summed E-state index contributed by atoms with van der Waals surface area (Å²) in [5.41, 5.74) is 0.981. The van der Waals surface area contributed by atoms with Crippen molar-refractivity contribution >= 4 is 17.6 Å². The molecule has 2 unspecified atom stereocenters. The van der Waals surface area contributed by atoms with Crippen LogP contribution in [0.3, 0.4) is 0 Å². The minimum Gasteiger partial charge on any atom is -0.465 e. The third kappa shape index (κ3) is 4.81. The third-order valence-electron chi connectivity index (χ3n) is 4.59. The molecule has 132 valence electrons. The van der Waals surface area contributed by atoms with Crippen LogP contribution in [-0.2, 0) is 14.3 Å². The Morgan fingerprint density at radius 2 is 2.00 bits per heavy atom. The first kappa shape index (κ1) is 18.5. The van der Waals surface area contributed by atoms with Crippen molar-refractivity contribution in [1.82, 2.24) is 4.90 Å². The minimum absolute atomic E-state index is 0.173. The number of piperidine rings is 1. The van der Waals surface area contributed by atoms with Gasteiger partial charge in [-0.1, -0.05) is 32.0 Å². The van der Waals surface area contributed by atoms with E-state index in [0.29, 0.717) is 18.9 Å². The molecule has 0 spiro atoms. The SMILES string of the molecule is CCC(=O)N(c1ccccc1)C1CCN(CCOC(C)=O)CC1C. The van der Waals surface area contributed by atoms with Crippen molar-refractivity contribution in [2.45, 2.75) is 39.7 Å². The Kier molecular flexibility index (Phi) is 6.79. The highest BCUT2D eigenvalue weighted by molar-refractivity contribution is 5.93. The Bertz CT molecular complexity index is 547. The number of benzene rings is 1. The number of ether oxygens (including phenoxy) is 1. The maximum Gasteiger partial charge on any atom is 0.302 e. The quantitative estimate of drug-likeness (QED) is 0.752. The summed E-state index contributed by atoms with van der Waals surface area (Å²) >= 11 is 0. The molecule has 1 amide bonds. The van der Waals surface area contributed by atoms with E-state index in [2.05, 4.69) is 11.8 Å². The molecule has 1 aromatic rings. The molecule has 1 fully saturated rings. The van der Waals surface area contributed by atoms with Crippen molar-refractivity contribution in [3.05, 3.63) is 30.3 Å². The lowest BCUT2D eigenvalue weighted by atomic mass is 9.91. The van der Waals surface area contributed by atoms with Crippen molar-refractivity contribution in [3.63, 3.8) is 0 Å². The molecule has 0 bridgehead atoms. The second-order valence-corrected chi connectivity index (χ2v) is 6.43. The van der Waals surface area contributed by atoms with Gasteiger partial charge in [0.15, 0.2) is 0 Å². The van der Waals surface area contributed by atoms with Crippen LogP contribution >= 0.6 is 0 Å². The predicted octanol–water partition coefficient (Wildman–Crippen LogP) is 2.70. The van der Waals surface area contributed by atoms with Gasteiger partial charge < -0.3 is 9.64 Å². The first-order chi connectivity index (χ1) is 11.5. The predicted molar refractivity (Wildman–Crippen MR) is 94.9 cm³/mol. The molecule has 2 rings (SSSR count).